The number of rotatable bonds is 8. The second-order valence-electron chi connectivity index (χ2n) is 7.38. The van der Waals surface area contributed by atoms with Crippen molar-refractivity contribution in [2.45, 2.75) is 83.3 Å². The van der Waals surface area contributed by atoms with Gasteiger partial charge in [-0.1, -0.05) is 45.4 Å². The summed E-state index contributed by atoms with van der Waals surface area (Å²) in [5, 5.41) is 13.4. The van der Waals surface area contributed by atoms with Crippen LogP contribution in [0.5, 0.6) is 0 Å². The summed E-state index contributed by atoms with van der Waals surface area (Å²) in [5.74, 6) is 1.81. The molecule has 2 aliphatic carbocycles. The zero-order valence-electron chi connectivity index (χ0n) is 13.9. The largest absolute Gasteiger partial charge is 0.389 e. The van der Waals surface area contributed by atoms with E-state index in [1.54, 1.807) is 0 Å². The molecule has 0 amide bonds. The number of aliphatic hydroxyl groups excluding tert-OH is 1. The molecule has 2 aliphatic rings. The van der Waals surface area contributed by atoms with Crippen LogP contribution in [0.25, 0.3) is 0 Å². The second-order valence-corrected chi connectivity index (χ2v) is 7.38. The van der Waals surface area contributed by atoms with E-state index >= 15 is 0 Å². The molecule has 0 saturated heterocycles. The van der Waals surface area contributed by atoms with Crippen molar-refractivity contribution < 1.29 is 9.84 Å². The van der Waals surface area contributed by atoms with Crippen molar-refractivity contribution in [2.75, 3.05) is 19.7 Å². The lowest BCUT2D eigenvalue weighted by Crippen LogP contribution is -2.33. The van der Waals surface area contributed by atoms with Gasteiger partial charge in [-0.2, -0.15) is 0 Å². The first kappa shape index (κ1) is 17.2. The molecule has 3 atom stereocenters. The molecule has 3 unspecified atom stereocenters. The fourth-order valence-corrected chi connectivity index (χ4v) is 3.93. The lowest BCUT2D eigenvalue weighted by molar-refractivity contribution is -0.0229. The number of hydrogen-bond donors (Lipinski definition) is 2. The summed E-state index contributed by atoms with van der Waals surface area (Å²) in [7, 11) is 0. The van der Waals surface area contributed by atoms with Crippen LogP contribution in [0, 0.1) is 11.8 Å². The van der Waals surface area contributed by atoms with Crippen molar-refractivity contribution in [1.82, 2.24) is 5.32 Å². The molecule has 0 bridgehead atoms. The minimum absolute atomic E-state index is 0.350. The van der Waals surface area contributed by atoms with Crippen LogP contribution in [0.2, 0.25) is 0 Å². The van der Waals surface area contributed by atoms with E-state index in [1.807, 2.05) is 0 Å². The predicted octanol–water partition coefficient (Wildman–Crippen LogP) is 3.50. The van der Waals surface area contributed by atoms with Crippen LogP contribution in [0.1, 0.15) is 71.1 Å². The van der Waals surface area contributed by atoms with Gasteiger partial charge in [0.15, 0.2) is 0 Å². The van der Waals surface area contributed by atoms with Crippen molar-refractivity contribution in [3.63, 3.8) is 0 Å². The molecule has 0 spiro atoms. The molecule has 21 heavy (non-hydrogen) atoms. The van der Waals surface area contributed by atoms with Crippen LogP contribution >= 0.6 is 0 Å². The molecule has 0 heterocycles. The highest BCUT2D eigenvalue weighted by Crippen LogP contribution is 2.30. The van der Waals surface area contributed by atoms with Gasteiger partial charge in [0, 0.05) is 6.54 Å². The summed E-state index contributed by atoms with van der Waals surface area (Å²) >= 11 is 0. The van der Waals surface area contributed by atoms with Gasteiger partial charge in [0.1, 0.15) is 0 Å². The van der Waals surface area contributed by atoms with Gasteiger partial charge in [0.25, 0.3) is 0 Å². The van der Waals surface area contributed by atoms with Crippen LogP contribution < -0.4 is 5.32 Å². The molecular formula is C18H35NO2. The molecule has 2 N–H and O–H groups in total. The van der Waals surface area contributed by atoms with Gasteiger partial charge in [-0.25, -0.2) is 0 Å². The third kappa shape index (κ3) is 7.12. The first-order valence-electron chi connectivity index (χ1n) is 9.24. The summed E-state index contributed by atoms with van der Waals surface area (Å²) in [5.41, 5.74) is 0. The summed E-state index contributed by atoms with van der Waals surface area (Å²) in [4.78, 5) is 0. The average molecular weight is 297 g/mol. The van der Waals surface area contributed by atoms with Crippen molar-refractivity contribution in [1.29, 1.82) is 0 Å². The molecule has 0 aromatic rings. The Morgan fingerprint density at radius 2 is 1.90 bits per heavy atom. The van der Waals surface area contributed by atoms with E-state index in [1.165, 1.54) is 64.2 Å². The second kappa shape index (κ2) is 9.81. The average Bonchev–Trinajstić information content (AvgIpc) is 2.51. The Morgan fingerprint density at radius 3 is 2.67 bits per heavy atom. The van der Waals surface area contributed by atoms with Crippen molar-refractivity contribution in [3.8, 4) is 0 Å². The molecule has 3 nitrogen and oxygen atoms in total. The molecule has 0 aliphatic heterocycles. The zero-order chi connectivity index (χ0) is 14.9. The van der Waals surface area contributed by atoms with Crippen LogP contribution in [-0.2, 0) is 4.74 Å². The first-order chi connectivity index (χ1) is 10.2. The van der Waals surface area contributed by atoms with E-state index in [0.717, 1.165) is 18.4 Å². The first-order valence-corrected chi connectivity index (χ1v) is 9.24. The zero-order valence-corrected chi connectivity index (χ0v) is 13.9. The van der Waals surface area contributed by atoms with Crippen LogP contribution in [0.3, 0.4) is 0 Å². The fraction of sp³-hybridized carbons (Fsp3) is 1.00. The van der Waals surface area contributed by atoms with Gasteiger partial charge in [-0.05, 0) is 44.1 Å². The van der Waals surface area contributed by atoms with Crippen molar-refractivity contribution >= 4 is 0 Å². The van der Waals surface area contributed by atoms with Gasteiger partial charge in [0.2, 0.25) is 0 Å². The fourth-order valence-electron chi connectivity index (χ4n) is 3.93. The van der Waals surface area contributed by atoms with Gasteiger partial charge < -0.3 is 15.2 Å². The van der Waals surface area contributed by atoms with E-state index in [4.69, 9.17) is 4.74 Å². The number of aliphatic hydroxyl groups is 1. The van der Waals surface area contributed by atoms with E-state index < -0.39 is 0 Å². The normalized spacial score (nSPS) is 29.4. The predicted molar refractivity (Wildman–Crippen MR) is 87.4 cm³/mol. The molecule has 0 aromatic carbocycles. The maximum absolute atomic E-state index is 9.97. The topological polar surface area (TPSA) is 41.5 Å². The number of nitrogens with one attached hydrogen (secondary N) is 1. The minimum Gasteiger partial charge on any atom is -0.389 e. The summed E-state index contributed by atoms with van der Waals surface area (Å²) in [6.07, 6.45) is 13.2. The summed E-state index contributed by atoms with van der Waals surface area (Å²) < 4.78 is 5.82. The van der Waals surface area contributed by atoms with E-state index in [-0.39, 0.29) is 6.10 Å². The van der Waals surface area contributed by atoms with Crippen LogP contribution in [0.15, 0.2) is 0 Å². The Kier molecular flexibility index (Phi) is 8.05. The molecular weight excluding hydrogens is 262 g/mol. The van der Waals surface area contributed by atoms with Crippen molar-refractivity contribution in [2.24, 2.45) is 11.8 Å². The summed E-state index contributed by atoms with van der Waals surface area (Å²) in [6.45, 7) is 4.59. The van der Waals surface area contributed by atoms with E-state index in [2.05, 4.69) is 12.2 Å². The Bertz CT molecular complexity index is 266. The number of ether oxygens (including phenoxy) is 1. The minimum atomic E-state index is -0.350. The van der Waals surface area contributed by atoms with Crippen LogP contribution in [-0.4, -0.2) is 37.0 Å². The monoisotopic (exact) mass is 297 g/mol. The highest BCUT2D eigenvalue weighted by molar-refractivity contribution is 4.72. The maximum Gasteiger partial charge on any atom is 0.0897 e. The molecule has 2 fully saturated rings. The Morgan fingerprint density at radius 1 is 1.10 bits per heavy atom. The SMILES string of the molecule is CC1CCCC(CCNCC(O)COC2CCCCC2)C1. The lowest BCUT2D eigenvalue weighted by atomic mass is 9.81. The third-order valence-electron chi connectivity index (χ3n) is 5.23. The third-order valence-corrected chi connectivity index (χ3v) is 5.23. The van der Waals surface area contributed by atoms with Gasteiger partial charge in [0.05, 0.1) is 18.8 Å². The molecule has 0 aromatic heterocycles. The van der Waals surface area contributed by atoms with Gasteiger partial charge in [-0.3, -0.25) is 0 Å². The quantitative estimate of drug-likeness (QED) is 0.674. The van der Waals surface area contributed by atoms with Gasteiger partial charge in [-0.15, -0.1) is 0 Å². The van der Waals surface area contributed by atoms with E-state index in [0.29, 0.717) is 19.3 Å². The maximum atomic E-state index is 9.97. The smallest absolute Gasteiger partial charge is 0.0897 e. The van der Waals surface area contributed by atoms with E-state index in [9.17, 15) is 5.11 Å². The lowest BCUT2D eigenvalue weighted by Gasteiger charge is -2.27. The molecule has 3 heteroatoms. The molecule has 124 valence electrons. The Hall–Kier alpha value is -0.120. The highest BCUT2D eigenvalue weighted by atomic mass is 16.5. The molecule has 2 rings (SSSR count). The number of hydrogen-bond acceptors (Lipinski definition) is 3. The Labute approximate surface area is 130 Å². The Balaban J connectivity index is 1.46. The van der Waals surface area contributed by atoms with Gasteiger partial charge >= 0.3 is 0 Å². The molecule has 0 radical (unpaired) electrons. The highest BCUT2D eigenvalue weighted by Gasteiger charge is 2.18. The standard InChI is InChI=1S/C18H35NO2/c1-15-6-5-7-16(12-15)10-11-19-13-17(20)14-21-18-8-3-2-4-9-18/h15-20H,2-14H2,1H3. The molecule has 2 saturated carbocycles. The van der Waals surface area contributed by atoms with Crippen molar-refractivity contribution in [3.05, 3.63) is 0 Å². The van der Waals surface area contributed by atoms with Crippen LogP contribution in [0.4, 0.5) is 0 Å². The summed E-state index contributed by atoms with van der Waals surface area (Å²) in [6, 6.07) is 0.